The third kappa shape index (κ3) is 1.94. The summed E-state index contributed by atoms with van der Waals surface area (Å²) in [5, 5.41) is 4.75. The van der Waals surface area contributed by atoms with Gasteiger partial charge in [-0.15, -0.1) is 0 Å². The number of hydrogen-bond donors (Lipinski definition) is 0. The molecule has 0 spiro atoms. The molecule has 0 aliphatic heterocycles. The molecule has 0 saturated heterocycles. The molecule has 2 nitrogen and oxygen atoms in total. The normalized spacial score (nSPS) is 16.8. The summed E-state index contributed by atoms with van der Waals surface area (Å²) >= 11 is 0. The number of furan rings is 1. The highest BCUT2D eigenvalue weighted by Gasteiger charge is 2.48. The Kier molecular flexibility index (Phi) is 3.05. The van der Waals surface area contributed by atoms with Crippen molar-refractivity contribution < 1.29 is 4.42 Å². The minimum absolute atomic E-state index is 0.0705. The molecule has 2 heteroatoms. The van der Waals surface area contributed by atoms with Crippen LogP contribution >= 0.6 is 0 Å². The second-order valence-electron chi connectivity index (χ2n) is 9.28. The van der Waals surface area contributed by atoms with E-state index in [0.717, 1.165) is 16.9 Å². The van der Waals surface area contributed by atoms with Crippen molar-refractivity contribution in [2.24, 2.45) is 0 Å². The van der Waals surface area contributed by atoms with Gasteiger partial charge in [0.05, 0.1) is 5.69 Å². The maximum atomic E-state index is 6.68. The molecule has 0 N–H and O–H groups in total. The molecule has 5 aromatic rings. The van der Waals surface area contributed by atoms with E-state index < -0.39 is 0 Å². The van der Waals surface area contributed by atoms with Gasteiger partial charge >= 0.3 is 0 Å². The van der Waals surface area contributed by atoms with Gasteiger partial charge < -0.3 is 4.42 Å². The standard InChI is InChI=1S/C27H23NO/c1-26(2)21-10-7-15-28-23(21)20-14-13-19-18-12-11-16-8-5-6-9-17(16)24(18)29-25(19)22(20)27(26,3)4/h5-15H,1-4H3. The average molecular weight is 377 g/mol. The van der Waals surface area contributed by atoms with E-state index in [1.54, 1.807) is 0 Å². The topological polar surface area (TPSA) is 26.0 Å². The molecule has 2 heterocycles. The maximum absolute atomic E-state index is 6.68. The zero-order valence-electron chi connectivity index (χ0n) is 17.2. The number of pyridine rings is 1. The molecule has 0 amide bonds. The van der Waals surface area contributed by atoms with E-state index in [2.05, 4.69) is 82.3 Å². The first-order chi connectivity index (χ1) is 13.9. The second-order valence-corrected chi connectivity index (χ2v) is 9.28. The number of benzene rings is 3. The van der Waals surface area contributed by atoms with Crippen molar-refractivity contribution in [1.82, 2.24) is 4.98 Å². The molecule has 142 valence electrons. The van der Waals surface area contributed by atoms with Crippen LogP contribution in [0.1, 0.15) is 38.8 Å². The van der Waals surface area contributed by atoms with E-state index in [0.29, 0.717) is 0 Å². The van der Waals surface area contributed by atoms with Crippen LogP contribution in [0.5, 0.6) is 0 Å². The smallest absolute Gasteiger partial charge is 0.143 e. The van der Waals surface area contributed by atoms with Crippen molar-refractivity contribution >= 4 is 32.7 Å². The molecule has 6 rings (SSSR count). The highest BCUT2D eigenvalue weighted by molar-refractivity contribution is 6.16. The van der Waals surface area contributed by atoms with Gasteiger partial charge in [-0.1, -0.05) is 70.2 Å². The first-order valence-electron chi connectivity index (χ1n) is 10.2. The third-order valence-electron chi connectivity index (χ3n) is 7.46. The molecule has 0 atom stereocenters. The molecule has 29 heavy (non-hydrogen) atoms. The average Bonchev–Trinajstić information content (AvgIpc) is 3.11. The number of hydrogen-bond acceptors (Lipinski definition) is 2. The molecule has 0 bridgehead atoms. The van der Waals surface area contributed by atoms with Gasteiger partial charge in [0.15, 0.2) is 0 Å². The van der Waals surface area contributed by atoms with E-state index in [1.165, 1.54) is 38.2 Å². The summed E-state index contributed by atoms with van der Waals surface area (Å²) in [6.45, 7) is 9.33. The van der Waals surface area contributed by atoms with Crippen LogP contribution in [0.3, 0.4) is 0 Å². The van der Waals surface area contributed by atoms with Crippen LogP contribution in [-0.4, -0.2) is 4.98 Å². The molecule has 0 fully saturated rings. The van der Waals surface area contributed by atoms with Crippen LogP contribution in [0.2, 0.25) is 0 Å². The third-order valence-corrected chi connectivity index (χ3v) is 7.46. The lowest BCUT2D eigenvalue weighted by Gasteiger charge is -2.47. The summed E-state index contributed by atoms with van der Waals surface area (Å²) in [6.07, 6.45) is 1.90. The van der Waals surface area contributed by atoms with Crippen molar-refractivity contribution in [1.29, 1.82) is 0 Å². The van der Waals surface area contributed by atoms with Crippen molar-refractivity contribution in [3.63, 3.8) is 0 Å². The number of rotatable bonds is 0. The second kappa shape index (κ2) is 5.27. The fourth-order valence-electron chi connectivity index (χ4n) is 5.16. The molecule has 1 aliphatic carbocycles. The monoisotopic (exact) mass is 377 g/mol. The van der Waals surface area contributed by atoms with Crippen LogP contribution in [0.4, 0.5) is 0 Å². The van der Waals surface area contributed by atoms with Gasteiger partial charge in [-0.05, 0) is 29.1 Å². The van der Waals surface area contributed by atoms with Crippen molar-refractivity contribution in [2.45, 2.75) is 38.5 Å². The Hall–Kier alpha value is -3.13. The summed E-state index contributed by atoms with van der Waals surface area (Å²) in [7, 11) is 0. The first-order valence-corrected chi connectivity index (χ1v) is 10.2. The summed E-state index contributed by atoms with van der Waals surface area (Å²) < 4.78 is 6.68. The van der Waals surface area contributed by atoms with Crippen molar-refractivity contribution in [3.8, 4) is 11.3 Å². The lowest BCUT2D eigenvalue weighted by atomic mass is 9.56. The van der Waals surface area contributed by atoms with Gasteiger partial charge in [0, 0.05) is 44.3 Å². The molecular weight excluding hydrogens is 354 g/mol. The Bertz CT molecular complexity index is 1450. The van der Waals surface area contributed by atoms with Crippen LogP contribution in [0.15, 0.2) is 71.3 Å². The minimum atomic E-state index is -0.110. The zero-order valence-corrected chi connectivity index (χ0v) is 17.2. The lowest BCUT2D eigenvalue weighted by molar-refractivity contribution is 0.298. The highest BCUT2D eigenvalue weighted by Crippen LogP contribution is 2.55. The lowest BCUT2D eigenvalue weighted by Crippen LogP contribution is -2.43. The predicted molar refractivity (Wildman–Crippen MR) is 121 cm³/mol. The molecule has 0 saturated carbocycles. The van der Waals surface area contributed by atoms with E-state index in [9.17, 15) is 0 Å². The van der Waals surface area contributed by atoms with Gasteiger partial charge in [-0.25, -0.2) is 0 Å². The minimum Gasteiger partial charge on any atom is -0.455 e. The Morgan fingerprint density at radius 3 is 2.31 bits per heavy atom. The quantitative estimate of drug-likeness (QED) is 0.281. The number of nitrogens with zero attached hydrogens (tertiary/aromatic N) is 1. The van der Waals surface area contributed by atoms with E-state index in [1.807, 2.05) is 12.3 Å². The number of aromatic nitrogens is 1. The van der Waals surface area contributed by atoms with Gasteiger partial charge in [-0.2, -0.15) is 0 Å². The van der Waals surface area contributed by atoms with Gasteiger partial charge in [0.25, 0.3) is 0 Å². The summed E-state index contributed by atoms with van der Waals surface area (Å²) in [4.78, 5) is 4.79. The Balaban J connectivity index is 1.82. The molecular formula is C27H23NO. The summed E-state index contributed by atoms with van der Waals surface area (Å²) in [6, 6.07) is 21.6. The fourth-order valence-corrected chi connectivity index (χ4v) is 5.16. The maximum Gasteiger partial charge on any atom is 0.143 e. The predicted octanol–water partition coefficient (Wildman–Crippen LogP) is 7.37. The molecule has 3 aromatic carbocycles. The molecule has 0 unspecified atom stereocenters. The highest BCUT2D eigenvalue weighted by atomic mass is 16.3. The Morgan fingerprint density at radius 2 is 1.45 bits per heavy atom. The molecule has 2 aromatic heterocycles. The van der Waals surface area contributed by atoms with Gasteiger partial charge in [0.1, 0.15) is 11.2 Å². The van der Waals surface area contributed by atoms with E-state index in [-0.39, 0.29) is 10.8 Å². The first kappa shape index (κ1) is 16.8. The van der Waals surface area contributed by atoms with Crippen LogP contribution in [-0.2, 0) is 10.8 Å². The van der Waals surface area contributed by atoms with Crippen LogP contribution in [0, 0.1) is 0 Å². The largest absolute Gasteiger partial charge is 0.455 e. The fraction of sp³-hybridized carbons (Fsp3) is 0.222. The van der Waals surface area contributed by atoms with Crippen LogP contribution < -0.4 is 0 Å². The van der Waals surface area contributed by atoms with Gasteiger partial charge in [0.2, 0.25) is 0 Å². The Labute approximate surface area is 170 Å². The number of fused-ring (bicyclic) bond motifs is 9. The zero-order chi connectivity index (χ0) is 20.0. The van der Waals surface area contributed by atoms with E-state index >= 15 is 0 Å². The van der Waals surface area contributed by atoms with Crippen molar-refractivity contribution in [3.05, 3.63) is 78.0 Å². The Morgan fingerprint density at radius 1 is 0.690 bits per heavy atom. The molecule has 1 aliphatic rings. The summed E-state index contributed by atoms with van der Waals surface area (Å²) in [5.74, 6) is 0. The van der Waals surface area contributed by atoms with Crippen LogP contribution in [0.25, 0.3) is 44.0 Å². The van der Waals surface area contributed by atoms with Gasteiger partial charge in [-0.3, -0.25) is 4.98 Å². The summed E-state index contributed by atoms with van der Waals surface area (Å²) in [5.41, 5.74) is 6.65. The SMILES string of the molecule is CC1(C)c2cccnc2-c2ccc3c(oc4c5ccccc5ccc34)c2C1(C)C. The van der Waals surface area contributed by atoms with E-state index in [4.69, 9.17) is 9.40 Å². The molecule has 0 radical (unpaired) electrons. The van der Waals surface area contributed by atoms with Crippen molar-refractivity contribution in [2.75, 3.05) is 0 Å².